The molecule has 5 atom stereocenters. The Balaban J connectivity index is 2.41. The van der Waals surface area contributed by atoms with Crippen LogP contribution in [0.3, 0.4) is 0 Å². The molecule has 28 heavy (non-hydrogen) atoms. The van der Waals surface area contributed by atoms with Crippen LogP contribution in [0.2, 0.25) is 0 Å². The molecule has 1 fully saturated rings. The van der Waals surface area contributed by atoms with Crippen LogP contribution in [0, 0.1) is 11.8 Å². The molecule has 0 heterocycles. The van der Waals surface area contributed by atoms with Crippen molar-refractivity contribution in [3.63, 3.8) is 0 Å². The summed E-state index contributed by atoms with van der Waals surface area (Å²) in [4.78, 5) is 11.5. The van der Waals surface area contributed by atoms with E-state index < -0.39 is 18.3 Å². The standard InChI is InChI=1S/C23H40O5/c1-4-5-8-11-18(24)14-15-20-19(21(25)16-22(20)26)12-9-6-7-10-13-23(27)28-17(2)3/h6,9,14-15,17-22,24-26H,4-5,7-8,10-13,16H2,1-3H3/b9-6-,15-14+/t18-,19+,20?,21-,22+/m0/s1. The number of allylic oxidation sites excluding steroid dienone is 2. The minimum absolute atomic E-state index is 0.0451. The van der Waals surface area contributed by atoms with Crippen molar-refractivity contribution in [3.8, 4) is 0 Å². The Morgan fingerprint density at radius 3 is 2.57 bits per heavy atom. The van der Waals surface area contributed by atoms with Crippen molar-refractivity contribution in [2.45, 2.75) is 103 Å². The summed E-state index contributed by atoms with van der Waals surface area (Å²) in [6.07, 6.45) is 13.0. The highest BCUT2D eigenvalue weighted by Gasteiger charge is 2.39. The quantitative estimate of drug-likeness (QED) is 0.250. The van der Waals surface area contributed by atoms with Gasteiger partial charge in [0, 0.05) is 18.8 Å². The minimum Gasteiger partial charge on any atom is -0.463 e. The molecule has 0 aromatic carbocycles. The van der Waals surface area contributed by atoms with Crippen molar-refractivity contribution in [1.82, 2.24) is 0 Å². The Hall–Kier alpha value is -1.17. The largest absolute Gasteiger partial charge is 0.463 e. The normalized spacial score (nSPS) is 26.5. The van der Waals surface area contributed by atoms with Gasteiger partial charge in [-0.05, 0) is 45.4 Å². The summed E-state index contributed by atoms with van der Waals surface area (Å²) in [6, 6.07) is 0. The van der Waals surface area contributed by atoms with Crippen LogP contribution >= 0.6 is 0 Å². The first-order valence-corrected chi connectivity index (χ1v) is 10.9. The predicted octanol–water partition coefficient (Wildman–Crippen LogP) is 3.91. The van der Waals surface area contributed by atoms with Crippen LogP contribution in [-0.2, 0) is 9.53 Å². The second-order valence-electron chi connectivity index (χ2n) is 8.20. The zero-order valence-electron chi connectivity index (χ0n) is 17.8. The van der Waals surface area contributed by atoms with Gasteiger partial charge < -0.3 is 20.1 Å². The summed E-state index contributed by atoms with van der Waals surface area (Å²) < 4.78 is 5.10. The topological polar surface area (TPSA) is 87.0 Å². The van der Waals surface area contributed by atoms with Crippen molar-refractivity contribution < 1.29 is 24.9 Å². The number of esters is 1. The van der Waals surface area contributed by atoms with Crippen molar-refractivity contribution >= 4 is 5.97 Å². The smallest absolute Gasteiger partial charge is 0.306 e. The number of ether oxygens (including phenoxy) is 1. The number of aliphatic hydroxyl groups excluding tert-OH is 3. The van der Waals surface area contributed by atoms with Gasteiger partial charge in [0.1, 0.15) is 0 Å². The van der Waals surface area contributed by atoms with Crippen LogP contribution in [0.15, 0.2) is 24.3 Å². The number of unbranched alkanes of at least 4 members (excludes halogenated alkanes) is 3. The lowest BCUT2D eigenvalue weighted by atomic mass is 9.89. The molecule has 5 heteroatoms. The average molecular weight is 397 g/mol. The summed E-state index contributed by atoms with van der Waals surface area (Å²) in [5.41, 5.74) is 0. The van der Waals surface area contributed by atoms with Gasteiger partial charge in [0.2, 0.25) is 0 Å². The maximum atomic E-state index is 11.5. The van der Waals surface area contributed by atoms with Crippen molar-refractivity contribution in [3.05, 3.63) is 24.3 Å². The van der Waals surface area contributed by atoms with Crippen LogP contribution in [0.25, 0.3) is 0 Å². The van der Waals surface area contributed by atoms with Crippen molar-refractivity contribution in [2.24, 2.45) is 11.8 Å². The third-order valence-electron chi connectivity index (χ3n) is 5.27. The van der Waals surface area contributed by atoms with Crippen LogP contribution < -0.4 is 0 Å². The minimum atomic E-state index is -0.571. The number of aliphatic hydroxyl groups is 3. The maximum Gasteiger partial charge on any atom is 0.306 e. The van der Waals surface area contributed by atoms with Crippen LogP contribution in [-0.4, -0.2) is 45.7 Å². The zero-order valence-corrected chi connectivity index (χ0v) is 17.8. The number of carbonyl (C=O) groups excluding carboxylic acids is 1. The number of carbonyl (C=O) groups is 1. The summed E-state index contributed by atoms with van der Waals surface area (Å²) >= 11 is 0. The molecule has 0 amide bonds. The molecule has 0 saturated heterocycles. The summed E-state index contributed by atoms with van der Waals surface area (Å²) in [7, 11) is 0. The summed E-state index contributed by atoms with van der Waals surface area (Å²) in [6.45, 7) is 5.82. The number of hydrogen-bond acceptors (Lipinski definition) is 5. The molecule has 1 unspecified atom stereocenters. The van der Waals surface area contributed by atoms with E-state index in [1.54, 1.807) is 6.08 Å². The highest BCUT2D eigenvalue weighted by Crippen LogP contribution is 2.36. The van der Waals surface area contributed by atoms with Crippen LogP contribution in [0.5, 0.6) is 0 Å². The monoisotopic (exact) mass is 396 g/mol. The Labute approximate surface area is 170 Å². The first-order valence-electron chi connectivity index (χ1n) is 10.9. The Kier molecular flexibility index (Phi) is 12.4. The van der Waals surface area contributed by atoms with E-state index >= 15 is 0 Å². The fourth-order valence-electron chi connectivity index (χ4n) is 3.72. The summed E-state index contributed by atoms with van der Waals surface area (Å²) in [5.74, 6) is -0.349. The molecular formula is C23H40O5. The van der Waals surface area contributed by atoms with E-state index in [-0.39, 0.29) is 23.9 Å². The van der Waals surface area contributed by atoms with Gasteiger partial charge in [-0.3, -0.25) is 4.79 Å². The lowest BCUT2D eigenvalue weighted by molar-refractivity contribution is -0.147. The number of hydrogen-bond donors (Lipinski definition) is 3. The molecule has 1 saturated carbocycles. The van der Waals surface area contributed by atoms with E-state index in [1.807, 2.05) is 32.1 Å². The molecule has 1 aliphatic rings. The van der Waals surface area contributed by atoms with E-state index in [2.05, 4.69) is 6.92 Å². The Bertz CT molecular complexity index is 485. The van der Waals surface area contributed by atoms with Gasteiger partial charge in [-0.2, -0.15) is 0 Å². The Morgan fingerprint density at radius 2 is 1.89 bits per heavy atom. The first kappa shape index (κ1) is 24.9. The first-order chi connectivity index (χ1) is 13.3. The average Bonchev–Trinajstić information content (AvgIpc) is 2.88. The third kappa shape index (κ3) is 9.85. The molecule has 0 radical (unpaired) electrons. The SMILES string of the molecule is CCCCC[C@H](O)/C=C/C1[C@H](O)C[C@H](O)[C@@H]1C/C=C\CCCC(=O)OC(C)C. The van der Waals surface area contributed by atoms with Crippen LogP contribution in [0.1, 0.15) is 78.6 Å². The van der Waals surface area contributed by atoms with Gasteiger partial charge in [-0.1, -0.05) is 50.5 Å². The molecule has 3 N–H and O–H groups in total. The Morgan fingerprint density at radius 1 is 1.14 bits per heavy atom. The van der Waals surface area contributed by atoms with Crippen molar-refractivity contribution in [1.29, 1.82) is 0 Å². The number of rotatable bonds is 13. The van der Waals surface area contributed by atoms with Crippen molar-refractivity contribution in [2.75, 3.05) is 0 Å². The fourth-order valence-corrected chi connectivity index (χ4v) is 3.72. The zero-order chi connectivity index (χ0) is 20.9. The van der Waals surface area contributed by atoms with Gasteiger partial charge in [-0.15, -0.1) is 0 Å². The predicted molar refractivity (Wildman–Crippen MR) is 112 cm³/mol. The molecule has 1 rings (SSSR count). The van der Waals surface area contributed by atoms with E-state index in [9.17, 15) is 20.1 Å². The lowest BCUT2D eigenvalue weighted by Gasteiger charge is -2.19. The molecule has 0 aromatic rings. The molecule has 0 spiro atoms. The van der Waals surface area contributed by atoms with E-state index in [1.165, 1.54) is 0 Å². The molecular weight excluding hydrogens is 356 g/mol. The molecule has 162 valence electrons. The van der Waals surface area contributed by atoms with E-state index in [0.29, 0.717) is 19.3 Å². The molecule has 1 aliphatic carbocycles. The van der Waals surface area contributed by atoms with Crippen LogP contribution in [0.4, 0.5) is 0 Å². The van der Waals surface area contributed by atoms with Gasteiger partial charge >= 0.3 is 5.97 Å². The fraction of sp³-hybridized carbons (Fsp3) is 0.783. The maximum absolute atomic E-state index is 11.5. The highest BCUT2D eigenvalue weighted by atomic mass is 16.5. The van der Waals surface area contributed by atoms with E-state index in [4.69, 9.17) is 4.74 Å². The van der Waals surface area contributed by atoms with E-state index in [0.717, 1.165) is 38.5 Å². The molecule has 5 nitrogen and oxygen atoms in total. The van der Waals surface area contributed by atoms with Gasteiger partial charge in [0.25, 0.3) is 0 Å². The second kappa shape index (κ2) is 13.9. The third-order valence-corrected chi connectivity index (χ3v) is 5.27. The second-order valence-corrected chi connectivity index (χ2v) is 8.20. The van der Waals surface area contributed by atoms with Gasteiger partial charge in [-0.25, -0.2) is 0 Å². The molecule has 0 bridgehead atoms. The highest BCUT2D eigenvalue weighted by molar-refractivity contribution is 5.69. The molecule has 0 aliphatic heterocycles. The lowest BCUT2D eigenvalue weighted by Crippen LogP contribution is -2.20. The molecule has 0 aromatic heterocycles. The van der Waals surface area contributed by atoms with Gasteiger partial charge in [0.05, 0.1) is 24.4 Å². The summed E-state index contributed by atoms with van der Waals surface area (Å²) in [5, 5.41) is 30.6. The van der Waals surface area contributed by atoms with Gasteiger partial charge in [0.15, 0.2) is 0 Å².